The van der Waals surface area contributed by atoms with Gasteiger partial charge in [0.15, 0.2) is 0 Å². The van der Waals surface area contributed by atoms with E-state index in [2.05, 4.69) is 5.32 Å². The van der Waals surface area contributed by atoms with Crippen molar-refractivity contribution in [2.45, 2.75) is 19.2 Å². The molecule has 0 bridgehead atoms. The number of carbonyl (C=O) groups excluding carboxylic acids is 1. The van der Waals surface area contributed by atoms with Crippen LogP contribution in [0, 0.1) is 18.6 Å². The number of alkyl halides is 1. The van der Waals surface area contributed by atoms with Crippen molar-refractivity contribution in [1.29, 1.82) is 0 Å². The van der Waals surface area contributed by atoms with Gasteiger partial charge in [-0.05, 0) is 25.5 Å². The van der Waals surface area contributed by atoms with Crippen molar-refractivity contribution >= 4 is 17.5 Å². The zero-order valence-corrected chi connectivity index (χ0v) is 9.74. The Labute approximate surface area is 97.6 Å². The predicted octanol–water partition coefficient (Wildman–Crippen LogP) is 2.63. The average Bonchev–Trinajstić information content (AvgIpc) is 2.20. The number of rotatable bonds is 3. The molecule has 0 aliphatic rings. The lowest BCUT2D eigenvalue weighted by atomic mass is 10.1. The van der Waals surface area contributed by atoms with E-state index in [4.69, 9.17) is 11.6 Å². The second kappa shape index (κ2) is 5.25. The minimum atomic E-state index is -0.872. The summed E-state index contributed by atoms with van der Waals surface area (Å²) in [6.07, 6.45) is 0. The highest BCUT2D eigenvalue weighted by Gasteiger charge is 2.14. The van der Waals surface area contributed by atoms with Gasteiger partial charge in [0.2, 0.25) is 0 Å². The highest BCUT2D eigenvalue weighted by molar-refractivity contribution is 6.20. The largest absolute Gasteiger partial charge is 0.350 e. The fraction of sp³-hybridized carbons (Fsp3) is 0.364. The third-order valence-corrected chi connectivity index (χ3v) is 2.19. The van der Waals surface area contributed by atoms with Crippen LogP contribution in [-0.4, -0.2) is 17.8 Å². The van der Waals surface area contributed by atoms with Crippen LogP contribution in [0.2, 0.25) is 0 Å². The zero-order chi connectivity index (χ0) is 12.3. The summed E-state index contributed by atoms with van der Waals surface area (Å²) in [7, 11) is 0. The Morgan fingerprint density at radius 3 is 2.62 bits per heavy atom. The number of benzene rings is 1. The molecule has 1 unspecified atom stereocenters. The number of halogens is 3. The molecule has 1 rings (SSSR count). The topological polar surface area (TPSA) is 29.1 Å². The van der Waals surface area contributed by atoms with Gasteiger partial charge in [-0.1, -0.05) is 0 Å². The van der Waals surface area contributed by atoms with E-state index in [1.165, 1.54) is 13.0 Å². The molecule has 0 aliphatic carbocycles. The Kier molecular flexibility index (Phi) is 4.24. The molecule has 2 nitrogen and oxygen atoms in total. The van der Waals surface area contributed by atoms with Crippen LogP contribution in [-0.2, 0) is 0 Å². The van der Waals surface area contributed by atoms with E-state index in [1.54, 1.807) is 6.92 Å². The Hall–Kier alpha value is -1.16. The number of hydrogen-bond donors (Lipinski definition) is 1. The highest BCUT2D eigenvalue weighted by atomic mass is 35.5. The molecule has 1 amide bonds. The molecule has 0 fully saturated rings. The first kappa shape index (κ1) is 12.9. The molecule has 1 aromatic carbocycles. The van der Waals surface area contributed by atoms with Crippen molar-refractivity contribution in [2.75, 3.05) is 6.54 Å². The molecule has 0 saturated heterocycles. The molecule has 0 saturated carbocycles. The van der Waals surface area contributed by atoms with Gasteiger partial charge in [0.1, 0.15) is 11.6 Å². The summed E-state index contributed by atoms with van der Waals surface area (Å²) in [5.74, 6) is -2.13. The van der Waals surface area contributed by atoms with Gasteiger partial charge < -0.3 is 5.32 Å². The fourth-order valence-corrected chi connectivity index (χ4v) is 1.24. The molecular weight excluding hydrogens is 236 g/mol. The Balaban J connectivity index is 2.87. The molecule has 0 aliphatic heterocycles. The van der Waals surface area contributed by atoms with Crippen LogP contribution in [0.3, 0.4) is 0 Å². The van der Waals surface area contributed by atoms with E-state index in [-0.39, 0.29) is 23.0 Å². The van der Waals surface area contributed by atoms with Gasteiger partial charge in [0.25, 0.3) is 5.91 Å². The van der Waals surface area contributed by atoms with Crippen molar-refractivity contribution in [2.24, 2.45) is 0 Å². The van der Waals surface area contributed by atoms with Crippen LogP contribution in [0.5, 0.6) is 0 Å². The van der Waals surface area contributed by atoms with Crippen LogP contribution >= 0.6 is 11.6 Å². The van der Waals surface area contributed by atoms with Crippen LogP contribution in [0.1, 0.15) is 22.8 Å². The second-order valence-corrected chi connectivity index (χ2v) is 4.32. The summed E-state index contributed by atoms with van der Waals surface area (Å²) >= 11 is 5.64. The second-order valence-electron chi connectivity index (χ2n) is 3.57. The van der Waals surface area contributed by atoms with Crippen LogP contribution in [0.15, 0.2) is 12.1 Å². The normalized spacial score (nSPS) is 12.3. The van der Waals surface area contributed by atoms with Crippen LogP contribution in [0.25, 0.3) is 0 Å². The predicted molar refractivity (Wildman–Crippen MR) is 58.7 cm³/mol. The number of carbonyl (C=O) groups is 1. The molecule has 1 aromatic rings. The summed E-state index contributed by atoms with van der Waals surface area (Å²) in [6.45, 7) is 3.40. The van der Waals surface area contributed by atoms with Crippen LogP contribution in [0.4, 0.5) is 8.78 Å². The van der Waals surface area contributed by atoms with Crippen molar-refractivity contribution in [3.8, 4) is 0 Å². The number of nitrogens with one attached hydrogen (secondary N) is 1. The smallest absolute Gasteiger partial charge is 0.254 e. The highest BCUT2D eigenvalue weighted by Crippen LogP contribution is 2.14. The van der Waals surface area contributed by atoms with E-state index in [9.17, 15) is 13.6 Å². The van der Waals surface area contributed by atoms with Gasteiger partial charge in [0, 0.05) is 18.0 Å². The van der Waals surface area contributed by atoms with Crippen molar-refractivity contribution in [3.05, 3.63) is 34.9 Å². The lowest BCUT2D eigenvalue weighted by molar-refractivity contribution is 0.0949. The molecule has 1 atom stereocenters. The summed E-state index contributed by atoms with van der Waals surface area (Å²) in [5.41, 5.74) is 0.0571. The maximum Gasteiger partial charge on any atom is 0.254 e. The number of hydrogen-bond acceptors (Lipinski definition) is 1. The van der Waals surface area contributed by atoms with Gasteiger partial charge in [-0.25, -0.2) is 8.78 Å². The number of amides is 1. The molecule has 0 heterocycles. The summed E-state index contributed by atoms with van der Waals surface area (Å²) < 4.78 is 26.2. The molecule has 1 N–H and O–H groups in total. The molecule has 0 spiro atoms. The molecule has 0 radical (unpaired) electrons. The zero-order valence-electron chi connectivity index (χ0n) is 8.98. The van der Waals surface area contributed by atoms with E-state index in [0.29, 0.717) is 6.07 Å². The third kappa shape index (κ3) is 3.17. The lowest BCUT2D eigenvalue weighted by Crippen LogP contribution is -2.29. The molecule has 0 aromatic heterocycles. The number of aryl methyl sites for hydroxylation is 1. The van der Waals surface area contributed by atoms with Gasteiger partial charge in [-0.2, -0.15) is 0 Å². The maximum absolute atomic E-state index is 13.3. The standard InChI is InChI=1S/C11H12ClF2NO/c1-6-3-8(10(14)4-9(6)13)11(16)15-5-7(2)12/h3-4,7H,5H2,1-2H3,(H,15,16). The lowest BCUT2D eigenvalue weighted by Gasteiger charge is -2.08. The first-order valence-electron chi connectivity index (χ1n) is 4.79. The first-order valence-corrected chi connectivity index (χ1v) is 5.23. The van der Waals surface area contributed by atoms with Gasteiger partial charge in [0.05, 0.1) is 5.56 Å². The Morgan fingerprint density at radius 1 is 1.44 bits per heavy atom. The van der Waals surface area contributed by atoms with Crippen LogP contribution < -0.4 is 5.32 Å². The fourth-order valence-electron chi connectivity index (χ4n) is 1.16. The molecule has 16 heavy (non-hydrogen) atoms. The Morgan fingerprint density at radius 2 is 2.06 bits per heavy atom. The maximum atomic E-state index is 13.3. The summed E-state index contributed by atoms with van der Waals surface area (Å²) in [5, 5.41) is 2.21. The van der Waals surface area contributed by atoms with E-state index in [0.717, 1.165) is 0 Å². The Bertz CT molecular complexity index is 407. The van der Waals surface area contributed by atoms with Crippen molar-refractivity contribution < 1.29 is 13.6 Å². The van der Waals surface area contributed by atoms with Gasteiger partial charge >= 0.3 is 0 Å². The first-order chi connectivity index (χ1) is 7.41. The summed E-state index contributed by atoms with van der Waals surface area (Å²) in [4.78, 5) is 11.5. The quantitative estimate of drug-likeness (QED) is 0.818. The SMILES string of the molecule is Cc1cc(C(=O)NCC(C)Cl)c(F)cc1F. The van der Waals surface area contributed by atoms with Gasteiger partial charge in [-0.15, -0.1) is 11.6 Å². The minimum Gasteiger partial charge on any atom is -0.350 e. The van der Waals surface area contributed by atoms with E-state index >= 15 is 0 Å². The molecular formula is C11H12ClF2NO. The summed E-state index contributed by atoms with van der Waals surface area (Å²) in [6, 6.07) is 1.88. The minimum absolute atomic E-state index is 0.170. The van der Waals surface area contributed by atoms with Gasteiger partial charge in [-0.3, -0.25) is 4.79 Å². The monoisotopic (exact) mass is 247 g/mol. The van der Waals surface area contributed by atoms with Crippen molar-refractivity contribution in [1.82, 2.24) is 5.32 Å². The van der Waals surface area contributed by atoms with E-state index < -0.39 is 17.5 Å². The average molecular weight is 248 g/mol. The molecule has 5 heteroatoms. The third-order valence-electron chi connectivity index (χ3n) is 2.04. The van der Waals surface area contributed by atoms with Crippen molar-refractivity contribution in [3.63, 3.8) is 0 Å². The van der Waals surface area contributed by atoms with E-state index in [1.807, 2.05) is 0 Å². The molecule has 88 valence electrons.